The van der Waals surface area contributed by atoms with Gasteiger partial charge in [0.2, 0.25) is 0 Å². The van der Waals surface area contributed by atoms with E-state index in [0.717, 1.165) is 0 Å². The van der Waals surface area contributed by atoms with Gasteiger partial charge < -0.3 is 10.5 Å². The van der Waals surface area contributed by atoms with Gasteiger partial charge in [0.05, 0.1) is 12.5 Å². The SMILES string of the molecule is COc1cccc2c(=O)n(CCCN)c(=O)n(C)c12. The minimum absolute atomic E-state index is 0.301. The minimum atomic E-state index is -0.351. The van der Waals surface area contributed by atoms with E-state index in [-0.39, 0.29) is 11.2 Å². The third kappa shape index (κ3) is 2.15. The normalized spacial score (nSPS) is 10.9. The summed E-state index contributed by atoms with van der Waals surface area (Å²) >= 11 is 0. The number of nitrogens with two attached hydrogens (primary N) is 1. The number of benzene rings is 1. The van der Waals surface area contributed by atoms with Gasteiger partial charge in [0.1, 0.15) is 11.3 Å². The quantitative estimate of drug-likeness (QED) is 0.845. The van der Waals surface area contributed by atoms with Crippen LogP contribution in [-0.2, 0) is 13.6 Å². The van der Waals surface area contributed by atoms with Crippen molar-refractivity contribution >= 4 is 10.9 Å². The Balaban J connectivity index is 2.84. The molecule has 0 saturated heterocycles. The summed E-state index contributed by atoms with van der Waals surface area (Å²) in [5.74, 6) is 0.514. The standard InChI is InChI=1S/C13H17N3O3/c1-15-11-9(5-3-6-10(11)19-2)12(17)16(13(15)18)8-4-7-14/h3,5-6H,4,7-8,14H2,1-2H3. The van der Waals surface area contributed by atoms with E-state index in [9.17, 15) is 9.59 Å². The van der Waals surface area contributed by atoms with Crippen LogP contribution in [0.2, 0.25) is 0 Å². The van der Waals surface area contributed by atoms with Gasteiger partial charge in [-0.3, -0.25) is 13.9 Å². The third-order valence-electron chi connectivity index (χ3n) is 3.13. The molecule has 6 nitrogen and oxygen atoms in total. The number of nitrogens with zero attached hydrogens (tertiary/aromatic N) is 2. The van der Waals surface area contributed by atoms with Gasteiger partial charge in [-0.05, 0) is 25.1 Å². The van der Waals surface area contributed by atoms with E-state index in [0.29, 0.717) is 36.2 Å². The number of aromatic nitrogens is 2. The second kappa shape index (κ2) is 5.27. The molecule has 0 aliphatic rings. The first-order valence-electron chi connectivity index (χ1n) is 6.08. The number of aryl methyl sites for hydroxylation is 1. The minimum Gasteiger partial charge on any atom is -0.495 e. The van der Waals surface area contributed by atoms with E-state index >= 15 is 0 Å². The molecule has 0 aliphatic heterocycles. The highest BCUT2D eigenvalue weighted by Gasteiger charge is 2.13. The fourth-order valence-corrected chi connectivity index (χ4v) is 2.16. The first-order chi connectivity index (χ1) is 9.11. The van der Waals surface area contributed by atoms with Gasteiger partial charge in [0.15, 0.2) is 0 Å². The highest BCUT2D eigenvalue weighted by atomic mass is 16.5. The third-order valence-corrected chi connectivity index (χ3v) is 3.13. The molecule has 0 spiro atoms. The highest BCUT2D eigenvalue weighted by molar-refractivity contribution is 5.84. The van der Waals surface area contributed by atoms with Crippen LogP contribution in [-0.4, -0.2) is 22.8 Å². The molecule has 2 rings (SSSR count). The molecule has 0 aliphatic carbocycles. The number of ether oxygens (including phenoxy) is 1. The van der Waals surface area contributed by atoms with E-state index < -0.39 is 0 Å². The van der Waals surface area contributed by atoms with Crippen molar-refractivity contribution in [2.24, 2.45) is 12.8 Å². The molecule has 1 aromatic carbocycles. The second-order valence-corrected chi connectivity index (χ2v) is 4.30. The molecule has 0 amide bonds. The topological polar surface area (TPSA) is 79.2 Å². The number of rotatable bonds is 4. The van der Waals surface area contributed by atoms with Crippen LogP contribution in [0.3, 0.4) is 0 Å². The van der Waals surface area contributed by atoms with Crippen LogP contribution in [0.5, 0.6) is 5.75 Å². The summed E-state index contributed by atoms with van der Waals surface area (Å²) in [6, 6.07) is 5.16. The number of methoxy groups -OCH3 is 1. The molecule has 2 N–H and O–H groups in total. The Morgan fingerprint density at radius 3 is 2.68 bits per heavy atom. The smallest absolute Gasteiger partial charge is 0.331 e. The van der Waals surface area contributed by atoms with Gasteiger partial charge in [-0.15, -0.1) is 0 Å². The van der Waals surface area contributed by atoms with E-state index in [4.69, 9.17) is 10.5 Å². The summed E-state index contributed by atoms with van der Waals surface area (Å²) in [6.45, 7) is 0.765. The van der Waals surface area contributed by atoms with Crippen LogP contribution in [0.25, 0.3) is 10.9 Å². The van der Waals surface area contributed by atoms with Crippen molar-refractivity contribution in [1.29, 1.82) is 0 Å². The largest absolute Gasteiger partial charge is 0.495 e. The molecule has 1 aromatic heterocycles. The Labute approximate surface area is 110 Å². The van der Waals surface area contributed by atoms with Gasteiger partial charge in [-0.2, -0.15) is 0 Å². The van der Waals surface area contributed by atoms with E-state index in [1.54, 1.807) is 25.2 Å². The van der Waals surface area contributed by atoms with Crippen molar-refractivity contribution in [1.82, 2.24) is 9.13 Å². The fourth-order valence-electron chi connectivity index (χ4n) is 2.16. The summed E-state index contributed by atoms with van der Waals surface area (Å²) in [4.78, 5) is 24.5. The highest BCUT2D eigenvalue weighted by Crippen LogP contribution is 2.20. The average Bonchev–Trinajstić information content (AvgIpc) is 2.44. The maximum absolute atomic E-state index is 12.3. The molecule has 1 heterocycles. The molecule has 0 fully saturated rings. The molecule has 0 radical (unpaired) electrons. The predicted molar refractivity (Wildman–Crippen MR) is 73.7 cm³/mol. The van der Waals surface area contributed by atoms with E-state index in [1.165, 1.54) is 16.2 Å². The van der Waals surface area contributed by atoms with Crippen LogP contribution in [0.1, 0.15) is 6.42 Å². The van der Waals surface area contributed by atoms with Crippen molar-refractivity contribution in [3.63, 3.8) is 0 Å². The molecule has 102 valence electrons. The summed E-state index contributed by atoms with van der Waals surface area (Å²) in [5.41, 5.74) is 5.29. The van der Waals surface area contributed by atoms with Gasteiger partial charge in [-0.1, -0.05) is 6.07 Å². The summed E-state index contributed by atoms with van der Waals surface area (Å²) < 4.78 is 7.86. The van der Waals surface area contributed by atoms with Gasteiger partial charge in [0.25, 0.3) is 5.56 Å². The van der Waals surface area contributed by atoms with Crippen molar-refractivity contribution in [3.8, 4) is 5.75 Å². The summed E-state index contributed by atoms with van der Waals surface area (Å²) in [6.07, 6.45) is 0.588. The van der Waals surface area contributed by atoms with Gasteiger partial charge in [0, 0.05) is 13.6 Å². The Hall–Kier alpha value is -2.08. The lowest BCUT2D eigenvalue weighted by Gasteiger charge is -2.12. The monoisotopic (exact) mass is 263 g/mol. The van der Waals surface area contributed by atoms with Crippen LogP contribution < -0.4 is 21.7 Å². The zero-order valence-electron chi connectivity index (χ0n) is 11.0. The maximum atomic E-state index is 12.3. The van der Waals surface area contributed by atoms with Crippen molar-refractivity contribution in [2.45, 2.75) is 13.0 Å². The number of hydrogen-bond acceptors (Lipinski definition) is 4. The van der Waals surface area contributed by atoms with Crippen molar-refractivity contribution < 1.29 is 4.74 Å². The molecule has 0 saturated carbocycles. The lowest BCUT2D eigenvalue weighted by atomic mass is 10.2. The van der Waals surface area contributed by atoms with Crippen molar-refractivity contribution in [3.05, 3.63) is 39.0 Å². The lowest BCUT2D eigenvalue weighted by Crippen LogP contribution is -2.39. The van der Waals surface area contributed by atoms with Crippen molar-refractivity contribution in [2.75, 3.05) is 13.7 Å². The van der Waals surface area contributed by atoms with Crippen LogP contribution in [0, 0.1) is 0 Å². The molecule has 0 atom stereocenters. The van der Waals surface area contributed by atoms with E-state index in [2.05, 4.69) is 0 Å². The predicted octanol–water partition coefficient (Wildman–Crippen LogP) is 0.0576. The maximum Gasteiger partial charge on any atom is 0.331 e. The molecule has 0 bridgehead atoms. The zero-order valence-corrected chi connectivity index (χ0v) is 11.0. The number of fused-ring (bicyclic) bond motifs is 1. The Bertz CT molecular complexity index is 715. The Morgan fingerprint density at radius 2 is 2.05 bits per heavy atom. The first kappa shape index (κ1) is 13.4. The Kier molecular flexibility index (Phi) is 3.71. The molecule has 19 heavy (non-hydrogen) atoms. The molecule has 6 heteroatoms. The van der Waals surface area contributed by atoms with Crippen LogP contribution in [0.15, 0.2) is 27.8 Å². The van der Waals surface area contributed by atoms with E-state index in [1.807, 2.05) is 0 Å². The van der Waals surface area contributed by atoms with Crippen LogP contribution >= 0.6 is 0 Å². The van der Waals surface area contributed by atoms with Crippen LogP contribution in [0.4, 0.5) is 0 Å². The summed E-state index contributed by atoms with van der Waals surface area (Å²) in [5, 5.41) is 0.471. The molecular weight excluding hydrogens is 246 g/mol. The Morgan fingerprint density at radius 1 is 1.32 bits per heavy atom. The fraction of sp³-hybridized carbons (Fsp3) is 0.385. The molecular formula is C13H17N3O3. The molecule has 2 aromatic rings. The number of para-hydroxylation sites is 1. The first-order valence-corrected chi connectivity index (χ1v) is 6.08. The summed E-state index contributed by atoms with van der Waals surface area (Å²) in [7, 11) is 3.14. The average molecular weight is 263 g/mol. The number of hydrogen-bond donors (Lipinski definition) is 1. The lowest BCUT2D eigenvalue weighted by molar-refractivity contribution is 0.416. The van der Waals surface area contributed by atoms with Gasteiger partial charge in [-0.25, -0.2) is 4.79 Å². The molecule has 0 unspecified atom stereocenters. The zero-order chi connectivity index (χ0) is 14.0. The van der Waals surface area contributed by atoms with Gasteiger partial charge >= 0.3 is 5.69 Å². The second-order valence-electron chi connectivity index (χ2n) is 4.30.